The normalized spacial score (nSPS) is 10.4. The summed E-state index contributed by atoms with van der Waals surface area (Å²) in [6.45, 7) is 4.98. The van der Waals surface area contributed by atoms with Gasteiger partial charge in [0.25, 0.3) is 0 Å². The van der Waals surface area contributed by atoms with Crippen molar-refractivity contribution in [3.63, 3.8) is 0 Å². The van der Waals surface area contributed by atoms with E-state index in [1.165, 1.54) is 0 Å². The summed E-state index contributed by atoms with van der Waals surface area (Å²) in [5.74, 6) is 1.01. The number of aryl methyl sites for hydroxylation is 2. The molecule has 0 aliphatic rings. The Labute approximate surface area is 83.4 Å². The Balaban J connectivity index is 2.56. The van der Waals surface area contributed by atoms with E-state index in [-0.39, 0.29) is 0 Å². The van der Waals surface area contributed by atoms with Gasteiger partial charge in [-0.15, -0.1) is 0 Å². The molecule has 0 spiro atoms. The van der Waals surface area contributed by atoms with Crippen LogP contribution in [0.3, 0.4) is 0 Å². The van der Waals surface area contributed by atoms with Crippen LogP contribution in [0.2, 0.25) is 0 Å². The number of thioether (sulfide) groups is 1. The van der Waals surface area contributed by atoms with E-state index in [1.807, 2.05) is 27.0 Å². The second-order valence-electron chi connectivity index (χ2n) is 2.89. The van der Waals surface area contributed by atoms with Crippen LogP contribution in [-0.2, 0) is 0 Å². The van der Waals surface area contributed by atoms with Gasteiger partial charge >= 0.3 is 0 Å². The lowest BCUT2D eigenvalue weighted by atomic mass is 10.4. The standard InChI is InChI=1S/C9H15N3S/c1-7-6-8(2)12-9(11-7)13-5-4-10-3/h6,10H,4-5H2,1-3H3. The number of rotatable bonds is 4. The zero-order valence-electron chi connectivity index (χ0n) is 8.29. The van der Waals surface area contributed by atoms with Crippen molar-refractivity contribution >= 4 is 11.8 Å². The maximum atomic E-state index is 4.33. The maximum Gasteiger partial charge on any atom is 0.188 e. The number of nitrogens with one attached hydrogen (secondary N) is 1. The minimum absolute atomic E-state index is 0.882. The third kappa shape index (κ3) is 3.74. The van der Waals surface area contributed by atoms with Gasteiger partial charge < -0.3 is 5.32 Å². The van der Waals surface area contributed by atoms with Crippen LogP contribution in [0.5, 0.6) is 0 Å². The highest BCUT2D eigenvalue weighted by Gasteiger charge is 1.98. The summed E-state index contributed by atoms with van der Waals surface area (Å²) in [6.07, 6.45) is 0. The van der Waals surface area contributed by atoms with E-state index in [0.29, 0.717) is 0 Å². The fourth-order valence-corrected chi connectivity index (χ4v) is 1.91. The summed E-state index contributed by atoms with van der Waals surface area (Å²) in [5, 5.41) is 3.97. The number of hydrogen-bond acceptors (Lipinski definition) is 4. The summed E-state index contributed by atoms with van der Waals surface area (Å²) >= 11 is 1.69. The van der Waals surface area contributed by atoms with E-state index >= 15 is 0 Å². The van der Waals surface area contributed by atoms with Gasteiger partial charge in [0.05, 0.1) is 0 Å². The van der Waals surface area contributed by atoms with Crippen molar-refractivity contribution in [1.29, 1.82) is 0 Å². The first-order chi connectivity index (χ1) is 6.22. The van der Waals surface area contributed by atoms with Gasteiger partial charge in [-0.25, -0.2) is 9.97 Å². The molecule has 0 aromatic carbocycles. The van der Waals surface area contributed by atoms with E-state index in [0.717, 1.165) is 28.8 Å². The number of hydrogen-bond donors (Lipinski definition) is 1. The molecule has 0 saturated heterocycles. The molecule has 0 unspecified atom stereocenters. The molecule has 1 aromatic rings. The Bertz CT molecular complexity index is 255. The second-order valence-corrected chi connectivity index (χ2v) is 3.95. The van der Waals surface area contributed by atoms with Crippen LogP contribution in [-0.4, -0.2) is 29.3 Å². The van der Waals surface area contributed by atoms with Gasteiger partial charge in [-0.2, -0.15) is 0 Å². The molecule has 0 saturated carbocycles. The number of aromatic nitrogens is 2. The van der Waals surface area contributed by atoms with Gasteiger partial charge in [-0.05, 0) is 27.0 Å². The zero-order valence-corrected chi connectivity index (χ0v) is 9.11. The minimum atomic E-state index is 0.882. The minimum Gasteiger partial charge on any atom is -0.319 e. The van der Waals surface area contributed by atoms with Crippen LogP contribution in [0.4, 0.5) is 0 Å². The van der Waals surface area contributed by atoms with E-state index in [4.69, 9.17) is 0 Å². The summed E-state index contributed by atoms with van der Waals surface area (Å²) in [6, 6.07) is 1.99. The third-order valence-electron chi connectivity index (χ3n) is 1.54. The van der Waals surface area contributed by atoms with Crippen LogP contribution in [0.15, 0.2) is 11.2 Å². The number of nitrogens with zero attached hydrogens (tertiary/aromatic N) is 2. The molecule has 72 valence electrons. The molecule has 0 fully saturated rings. The van der Waals surface area contributed by atoms with Crippen LogP contribution in [0.25, 0.3) is 0 Å². The molecule has 3 nitrogen and oxygen atoms in total. The Morgan fingerprint density at radius 3 is 2.46 bits per heavy atom. The highest BCUT2D eigenvalue weighted by Crippen LogP contribution is 2.12. The largest absolute Gasteiger partial charge is 0.319 e. The van der Waals surface area contributed by atoms with Crippen LogP contribution >= 0.6 is 11.8 Å². The predicted molar refractivity (Wildman–Crippen MR) is 56.2 cm³/mol. The molecule has 4 heteroatoms. The molecule has 0 aliphatic carbocycles. The van der Waals surface area contributed by atoms with Gasteiger partial charge in [0.1, 0.15) is 0 Å². The van der Waals surface area contributed by atoms with Gasteiger partial charge in [0, 0.05) is 23.7 Å². The van der Waals surface area contributed by atoms with Crippen molar-refractivity contribution in [2.75, 3.05) is 19.3 Å². The third-order valence-corrected chi connectivity index (χ3v) is 2.39. The lowest BCUT2D eigenvalue weighted by Gasteiger charge is -2.01. The summed E-state index contributed by atoms with van der Waals surface area (Å²) < 4.78 is 0. The smallest absolute Gasteiger partial charge is 0.188 e. The SMILES string of the molecule is CNCCSc1nc(C)cc(C)n1. The molecule has 0 atom stereocenters. The monoisotopic (exact) mass is 197 g/mol. The Hall–Kier alpha value is -0.610. The molecular weight excluding hydrogens is 182 g/mol. The molecule has 0 bridgehead atoms. The van der Waals surface area contributed by atoms with Crippen molar-refractivity contribution in [2.45, 2.75) is 19.0 Å². The molecule has 0 amide bonds. The Morgan fingerprint density at radius 2 is 1.92 bits per heavy atom. The summed E-state index contributed by atoms with van der Waals surface area (Å²) in [5.41, 5.74) is 2.08. The lowest BCUT2D eigenvalue weighted by molar-refractivity contribution is 0.861. The molecule has 1 aromatic heterocycles. The zero-order chi connectivity index (χ0) is 9.68. The molecule has 0 aliphatic heterocycles. The van der Waals surface area contributed by atoms with Crippen molar-refractivity contribution in [3.8, 4) is 0 Å². The summed E-state index contributed by atoms with van der Waals surface area (Å²) in [4.78, 5) is 8.66. The first-order valence-corrected chi connectivity index (χ1v) is 5.30. The average Bonchev–Trinajstić information content (AvgIpc) is 2.03. The van der Waals surface area contributed by atoms with E-state index < -0.39 is 0 Å². The van der Waals surface area contributed by atoms with Crippen molar-refractivity contribution < 1.29 is 0 Å². The van der Waals surface area contributed by atoms with Crippen molar-refractivity contribution in [3.05, 3.63) is 17.5 Å². The molecule has 13 heavy (non-hydrogen) atoms. The van der Waals surface area contributed by atoms with Crippen LogP contribution in [0.1, 0.15) is 11.4 Å². The first-order valence-electron chi connectivity index (χ1n) is 4.32. The summed E-state index contributed by atoms with van der Waals surface area (Å²) in [7, 11) is 1.95. The van der Waals surface area contributed by atoms with Crippen molar-refractivity contribution in [2.24, 2.45) is 0 Å². The van der Waals surface area contributed by atoms with Crippen LogP contribution < -0.4 is 5.32 Å². The lowest BCUT2D eigenvalue weighted by Crippen LogP contribution is -2.10. The van der Waals surface area contributed by atoms with Gasteiger partial charge in [-0.3, -0.25) is 0 Å². The predicted octanol–water partition coefficient (Wildman–Crippen LogP) is 1.40. The van der Waals surface area contributed by atoms with Crippen LogP contribution in [0, 0.1) is 13.8 Å². The quantitative estimate of drug-likeness (QED) is 0.450. The fraction of sp³-hybridized carbons (Fsp3) is 0.556. The molecule has 1 N–H and O–H groups in total. The van der Waals surface area contributed by atoms with E-state index in [2.05, 4.69) is 15.3 Å². The molecule has 1 rings (SSSR count). The highest BCUT2D eigenvalue weighted by atomic mass is 32.2. The Kier molecular flexibility index (Phi) is 4.18. The highest BCUT2D eigenvalue weighted by molar-refractivity contribution is 7.99. The molecule has 0 radical (unpaired) electrons. The first kappa shape index (κ1) is 10.5. The van der Waals surface area contributed by atoms with Crippen molar-refractivity contribution in [1.82, 2.24) is 15.3 Å². The van der Waals surface area contributed by atoms with Gasteiger partial charge in [0.15, 0.2) is 5.16 Å². The fourth-order valence-electron chi connectivity index (χ4n) is 1.00. The van der Waals surface area contributed by atoms with E-state index in [1.54, 1.807) is 11.8 Å². The van der Waals surface area contributed by atoms with Gasteiger partial charge in [-0.1, -0.05) is 11.8 Å². The molecule has 1 heterocycles. The Morgan fingerprint density at radius 1 is 1.31 bits per heavy atom. The topological polar surface area (TPSA) is 37.8 Å². The van der Waals surface area contributed by atoms with E-state index in [9.17, 15) is 0 Å². The molecular formula is C9H15N3S. The van der Waals surface area contributed by atoms with Gasteiger partial charge in [0.2, 0.25) is 0 Å². The second kappa shape index (κ2) is 5.19. The maximum absolute atomic E-state index is 4.33. The average molecular weight is 197 g/mol.